The molecule has 4 atom stereocenters. The van der Waals surface area contributed by atoms with Crippen LogP contribution in [0.1, 0.15) is 27.7 Å². The molecule has 0 radical (unpaired) electrons. The van der Waals surface area contributed by atoms with Gasteiger partial charge in [0.05, 0.1) is 6.54 Å². The maximum Gasteiger partial charge on any atom is 0.317 e. The summed E-state index contributed by atoms with van der Waals surface area (Å²) in [5.74, 6) is -0.765. The molecule has 118 valence electrons. The van der Waals surface area contributed by atoms with Gasteiger partial charge in [0.1, 0.15) is 0 Å². The van der Waals surface area contributed by atoms with Crippen molar-refractivity contribution in [1.29, 1.82) is 0 Å². The van der Waals surface area contributed by atoms with Crippen LogP contribution in [-0.2, 0) is 4.79 Å². The van der Waals surface area contributed by atoms with Gasteiger partial charge in [0.2, 0.25) is 0 Å². The first-order valence-electron chi connectivity index (χ1n) is 7.54. The number of nitrogens with one attached hydrogen (secondary N) is 3. The minimum atomic E-state index is -0.765. The summed E-state index contributed by atoms with van der Waals surface area (Å²) >= 11 is 0. The molecule has 0 aromatic heterocycles. The molecule has 1 heterocycles. The molecular weight excluding hydrogens is 256 g/mol. The summed E-state index contributed by atoms with van der Waals surface area (Å²) in [6.07, 6.45) is 0. The molecular formula is C14H30N4O2. The Morgan fingerprint density at radius 2 is 1.50 bits per heavy atom. The Kier molecular flexibility index (Phi) is 7.43. The molecule has 0 aliphatic carbocycles. The quantitative estimate of drug-likeness (QED) is 0.559. The van der Waals surface area contributed by atoms with Crippen molar-refractivity contribution >= 4 is 5.97 Å². The van der Waals surface area contributed by atoms with Crippen LogP contribution < -0.4 is 16.0 Å². The normalized spacial score (nSPS) is 35.0. The summed E-state index contributed by atoms with van der Waals surface area (Å²) < 4.78 is 0. The molecule has 0 aromatic rings. The molecule has 1 aliphatic rings. The number of carbonyl (C=O) groups is 1. The Hall–Kier alpha value is -0.690. The van der Waals surface area contributed by atoms with Crippen LogP contribution in [0.2, 0.25) is 0 Å². The van der Waals surface area contributed by atoms with Crippen molar-refractivity contribution in [3.63, 3.8) is 0 Å². The molecule has 0 spiro atoms. The van der Waals surface area contributed by atoms with E-state index in [2.05, 4.69) is 43.6 Å². The van der Waals surface area contributed by atoms with E-state index in [0.29, 0.717) is 12.1 Å². The standard InChI is InChI=1S/C14H30N4O2/c1-10-6-16-12(3)8-18(9-14(19)20)13(4)7-17-11(2)5-15-10/h10-13,15-17H,5-9H2,1-4H3,(H,19,20)/t10-,11-,12-,13-/m0/s1. The van der Waals surface area contributed by atoms with Crippen LogP contribution in [0.25, 0.3) is 0 Å². The third-order valence-electron chi connectivity index (χ3n) is 3.78. The summed E-state index contributed by atoms with van der Waals surface area (Å²) in [4.78, 5) is 13.0. The van der Waals surface area contributed by atoms with Gasteiger partial charge in [0.15, 0.2) is 0 Å². The van der Waals surface area contributed by atoms with Crippen LogP contribution in [0.15, 0.2) is 0 Å². The highest BCUT2D eigenvalue weighted by Crippen LogP contribution is 2.02. The molecule has 0 bridgehead atoms. The lowest BCUT2D eigenvalue weighted by Crippen LogP contribution is -2.53. The minimum Gasteiger partial charge on any atom is -0.480 e. The van der Waals surface area contributed by atoms with Crippen LogP contribution in [0.3, 0.4) is 0 Å². The van der Waals surface area contributed by atoms with Gasteiger partial charge in [-0.2, -0.15) is 0 Å². The van der Waals surface area contributed by atoms with Gasteiger partial charge < -0.3 is 21.1 Å². The van der Waals surface area contributed by atoms with E-state index in [1.807, 2.05) is 4.90 Å². The number of hydrogen-bond acceptors (Lipinski definition) is 5. The summed E-state index contributed by atoms with van der Waals surface area (Å²) in [6.45, 7) is 12.0. The van der Waals surface area contributed by atoms with Crippen molar-refractivity contribution in [2.24, 2.45) is 0 Å². The Bertz CT molecular complexity index is 301. The molecule has 1 rings (SSSR count). The van der Waals surface area contributed by atoms with Crippen molar-refractivity contribution < 1.29 is 9.90 Å². The molecule has 4 N–H and O–H groups in total. The van der Waals surface area contributed by atoms with Gasteiger partial charge in [0.25, 0.3) is 0 Å². The second-order valence-electron chi connectivity index (χ2n) is 6.10. The van der Waals surface area contributed by atoms with Gasteiger partial charge in [0, 0.05) is 50.3 Å². The van der Waals surface area contributed by atoms with Crippen molar-refractivity contribution in [2.75, 3.05) is 32.7 Å². The second kappa shape index (κ2) is 8.56. The maximum atomic E-state index is 11.0. The monoisotopic (exact) mass is 286 g/mol. The van der Waals surface area contributed by atoms with Gasteiger partial charge in [-0.1, -0.05) is 0 Å². The number of nitrogens with zero attached hydrogens (tertiary/aromatic N) is 1. The highest BCUT2D eigenvalue weighted by molar-refractivity contribution is 5.69. The minimum absolute atomic E-state index is 0.0943. The predicted octanol–water partition coefficient (Wildman–Crippen LogP) is -0.291. The lowest BCUT2D eigenvalue weighted by Gasteiger charge is -2.33. The first-order chi connectivity index (χ1) is 9.38. The first kappa shape index (κ1) is 17.4. The van der Waals surface area contributed by atoms with Crippen LogP contribution in [0.4, 0.5) is 0 Å². The summed E-state index contributed by atoms with van der Waals surface area (Å²) in [7, 11) is 0. The van der Waals surface area contributed by atoms with E-state index in [1.54, 1.807) is 0 Å². The number of carboxylic acid groups (broad SMARTS) is 1. The third kappa shape index (κ3) is 6.65. The molecule has 1 saturated heterocycles. The first-order valence-corrected chi connectivity index (χ1v) is 7.54. The second-order valence-corrected chi connectivity index (χ2v) is 6.10. The van der Waals surface area contributed by atoms with E-state index in [9.17, 15) is 4.79 Å². The topological polar surface area (TPSA) is 76.6 Å². The average molecular weight is 286 g/mol. The smallest absolute Gasteiger partial charge is 0.317 e. The summed E-state index contributed by atoms with van der Waals surface area (Å²) in [6, 6.07) is 1.27. The van der Waals surface area contributed by atoms with E-state index >= 15 is 0 Å². The molecule has 0 amide bonds. The van der Waals surface area contributed by atoms with Gasteiger partial charge in [-0.05, 0) is 27.7 Å². The highest BCUT2D eigenvalue weighted by atomic mass is 16.4. The van der Waals surface area contributed by atoms with Gasteiger partial charge in [-0.25, -0.2) is 0 Å². The Balaban J connectivity index is 2.66. The number of hydrogen-bond donors (Lipinski definition) is 4. The zero-order chi connectivity index (χ0) is 15.1. The Morgan fingerprint density at radius 3 is 2.05 bits per heavy atom. The largest absolute Gasteiger partial charge is 0.480 e. The third-order valence-corrected chi connectivity index (χ3v) is 3.78. The molecule has 1 fully saturated rings. The maximum absolute atomic E-state index is 11.0. The molecule has 0 unspecified atom stereocenters. The van der Waals surface area contributed by atoms with Crippen LogP contribution in [-0.4, -0.2) is 72.9 Å². The fourth-order valence-electron chi connectivity index (χ4n) is 2.39. The number of aliphatic carboxylic acids is 1. The van der Waals surface area contributed by atoms with Crippen LogP contribution in [0, 0.1) is 0 Å². The Labute approximate surface area is 122 Å². The lowest BCUT2D eigenvalue weighted by atomic mass is 10.2. The van der Waals surface area contributed by atoms with E-state index in [4.69, 9.17) is 5.11 Å². The Morgan fingerprint density at radius 1 is 1.00 bits per heavy atom. The van der Waals surface area contributed by atoms with Crippen LogP contribution >= 0.6 is 0 Å². The molecule has 20 heavy (non-hydrogen) atoms. The summed E-state index contributed by atoms with van der Waals surface area (Å²) in [5, 5.41) is 19.5. The average Bonchev–Trinajstić information content (AvgIpc) is 2.37. The van der Waals surface area contributed by atoms with Crippen molar-refractivity contribution in [2.45, 2.75) is 51.9 Å². The van der Waals surface area contributed by atoms with Gasteiger partial charge in [-0.15, -0.1) is 0 Å². The molecule has 1 aliphatic heterocycles. The fraction of sp³-hybridized carbons (Fsp3) is 0.929. The SMILES string of the molecule is C[C@H]1CN[C@@H](C)CN(CC(=O)O)[C@@H](C)CN[C@@H](C)CN1. The van der Waals surface area contributed by atoms with E-state index in [1.165, 1.54) is 0 Å². The molecule has 6 nitrogen and oxygen atoms in total. The van der Waals surface area contributed by atoms with E-state index in [0.717, 1.165) is 26.2 Å². The predicted molar refractivity (Wildman–Crippen MR) is 81.1 cm³/mol. The highest BCUT2D eigenvalue weighted by Gasteiger charge is 2.20. The van der Waals surface area contributed by atoms with Gasteiger partial charge >= 0.3 is 5.97 Å². The van der Waals surface area contributed by atoms with Gasteiger partial charge in [-0.3, -0.25) is 9.69 Å². The molecule has 6 heteroatoms. The molecule has 0 aromatic carbocycles. The van der Waals surface area contributed by atoms with Crippen molar-refractivity contribution in [1.82, 2.24) is 20.9 Å². The zero-order valence-corrected chi connectivity index (χ0v) is 13.1. The molecule has 0 saturated carbocycles. The summed E-state index contributed by atoms with van der Waals surface area (Å²) in [5.41, 5.74) is 0. The van der Waals surface area contributed by atoms with Crippen molar-refractivity contribution in [3.05, 3.63) is 0 Å². The zero-order valence-electron chi connectivity index (χ0n) is 13.1. The van der Waals surface area contributed by atoms with E-state index in [-0.39, 0.29) is 18.6 Å². The lowest BCUT2D eigenvalue weighted by molar-refractivity contribution is -0.138. The fourth-order valence-corrected chi connectivity index (χ4v) is 2.39. The van der Waals surface area contributed by atoms with Crippen LogP contribution in [0.5, 0.6) is 0 Å². The number of carboxylic acids is 1. The van der Waals surface area contributed by atoms with E-state index < -0.39 is 5.97 Å². The van der Waals surface area contributed by atoms with Crippen molar-refractivity contribution in [3.8, 4) is 0 Å². The number of rotatable bonds is 2.